The van der Waals surface area contributed by atoms with E-state index in [4.69, 9.17) is 14.2 Å². The minimum Gasteiger partial charge on any atom is -0.493 e. The zero-order chi connectivity index (χ0) is 22.2. The van der Waals surface area contributed by atoms with E-state index < -0.39 is 0 Å². The Morgan fingerprint density at radius 3 is 2.23 bits per heavy atom. The van der Waals surface area contributed by atoms with E-state index in [-0.39, 0.29) is 18.4 Å². The largest absolute Gasteiger partial charge is 0.493 e. The van der Waals surface area contributed by atoms with E-state index in [0.29, 0.717) is 35.3 Å². The number of nitrogens with one attached hydrogen (secondary N) is 1. The first-order valence-electron chi connectivity index (χ1n) is 10.5. The predicted molar refractivity (Wildman–Crippen MR) is 118 cm³/mol. The van der Waals surface area contributed by atoms with Gasteiger partial charge in [0, 0.05) is 18.7 Å². The summed E-state index contributed by atoms with van der Waals surface area (Å²) in [5, 5.41) is 2.71. The molecule has 1 heterocycles. The van der Waals surface area contributed by atoms with E-state index >= 15 is 0 Å². The van der Waals surface area contributed by atoms with Gasteiger partial charge in [-0.3, -0.25) is 9.59 Å². The van der Waals surface area contributed by atoms with E-state index in [2.05, 4.69) is 12.2 Å². The molecule has 2 aromatic rings. The molecule has 1 N–H and O–H groups in total. The maximum Gasteiger partial charge on any atom is 0.251 e. The average Bonchev–Trinajstić information content (AvgIpc) is 2.81. The van der Waals surface area contributed by atoms with Gasteiger partial charge >= 0.3 is 0 Å². The fourth-order valence-electron chi connectivity index (χ4n) is 3.51. The minimum absolute atomic E-state index is 0.0376. The lowest BCUT2D eigenvalue weighted by Gasteiger charge is -2.30. The first-order valence-corrected chi connectivity index (χ1v) is 10.5. The number of amides is 2. The number of hydrogen-bond donors (Lipinski definition) is 1. The summed E-state index contributed by atoms with van der Waals surface area (Å²) in [5.41, 5.74) is 1.33. The van der Waals surface area contributed by atoms with Crippen LogP contribution in [0.4, 0.5) is 0 Å². The van der Waals surface area contributed by atoms with Gasteiger partial charge in [-0.15, -0.1) is 0 Å². The van der Waals surface area contributed by atoms with Crippen molar-refractivity contribution in [1.82, 2.24) is 10.2 Å². The summed E-state index contributed by atoms with van der Waals surface area (Å²) >= 11 is 0. The molecule has 1 saturated heterocycles. The molecule has 0 saturated carbocycles. The molecule has 2 amide bonds. The van der Waals surface area contributed by atoms with Gasteiger partial charge in [-0.25, -0.2) is 0 Å². The van der Waals surface area contributed by atoms with E-state index in [1.807, 2.05) is 35.2 Å². The van der Waals surface area contributed by atoms with Gasteiger partial charge in [0.15, 0.2) is 11.5 Å². The fraction of sp³-hybridized carbons (Fsp3) is 0.417. The Hall–Kier alpha value is -3.22. The minimum atomic E-state index is -0.370. The van der Waals surface area contributed by atoms with E-state index in [1.54, 1.807) is 12.1 Å². The van der Waals surface area contributed by atoms with Crippen LogP contribution < -0.4 is 19.5 Å². The number of hydrogen-bond acceptors (Lipinski definition) is 5. The van der Waals surface area contributed by atoms with Crippen LogP contribution in [-0.2, 0) is 11.4 Å². The van der Waals surface area contributed by atoms with E-state index in [0.717, 1.165) is 31.5 Å². The van der Waals surface area contributed by atoms with Gasteiger partial charge in [-0.1, -0.05) is 37.3 Å². The maximum atomic E-state index is 12.7. The molecule has 1 fully saturated rings. The molecule has 1 aliphatic rings. The van der Waals surface area contributed by atoms with Crippen molar-refractivity contribution in [3.8, 4) is 17.2 Å². The SMILES string of the molecule is COc1cc(C(=O)NCC(=O)N2CCC(C)CC2)cc(OC)c1OCc1ccccc1. The van der Waals surface area contributed by atoms with Gasteiger partial charge in [0.05, 0.1) is 20.8 Å². The lowest BCUT2D eigenvalue weighted by molar-refractivity contribution is -0.131. The normalized spacial score (nSPS) is 14.1. The van der Waals surface area contributed by atoms with Crippen molar-refractivity contribution in [2.45, 2.75) is 26.4 Å². The number of carbonyl (C=O) groups is 2. The summed E-state index contributed by atoms with van der Waals surface area (Å²) in [6, 6.07) is 12.9. The van der Waals surface area contributed by atoms with Gasteiger partial charge in [0.1, 0.15) is 6.61 Å². The molecular formula is C24H30N2O5. The number of likely N-dealkylation sites (tertiary alicyclic amines) is 1. The molecule has 0 radical (unpaired) electrons. The van der Waals surface area contributed by atoms with Crippen LogP contribution in [0.25, 0.3) is 0 Å². The summed E-state index contributed by atoms with van der Waals surface area (Å²) in [4.78, 5) is 26.9. The van der Waals surface area contributed by atoms with Gasteiger partial charge in [-0.2, -0.15) is 0 Å². The predicted octanol–water partition coefficient (Wildman–Crippen LogP) is 3.27. The molecule has 7 nitrogen and oxygen atoms in total. The smallest absolute Gasteiger partial charge is 0.251 e. The Morgan fingerprint density at radius 2 is 1.65 bits per heavy atom. The Labute approximate surface area is 183 Å². The standard InChI is InChI=1S/C24H30N2O5/c1-17-9-11-26(12-10-17)22(27)15-25-24(28)19-13-20(29-2)23(21(14-19)30-3)31-16-18-7-5-4-6-8-18/h4-8,13-14,17H,9-12,15-16H2,1-3H3,(H,25,28). The van der Waals surface area contributed by atoms with Crippen molar-refractivity contribution in [2.75, 3.05) is 33.9 Å². The van der Waals surface area contributed by atoms with Crippen LogP contribution in [0.3, 0.4) is 0 Å². The summed E-state index contributed by atoms with van der Waals surface area (Å²) in [7, 11) is 3.01. The van der Waals surface area contributed by atoms with Gasteiger partial charge in [0.25, 0.3) is 5.91 Å². The number of rotatable bonds is 8. The topological polar surface area (TPSA) is 77.1 Å². The van der Waals surface area contributed by atoms with Crippen LogP contribution in [0.1, 0.15) is 35.7 Å². The summed E-state index contributed by atoms with van der Waals surface area (Å²) in [6.07, 6.45) is 2.00. The third-order valence-corrected chi connectivity index (χ3v) is 5.49. The van der Waals surface area contributed by atoms with Gasteiger partial charge in [-0.05, 0) is 36.5 Å². The molecule has 0 atom stereocenters. The molecular weight excluding hydrogens is 396 g/mol. The van der Waals surface area contributed by atoms with Crippen molar-refractivity contribution in [1.29, 1.82) is 0 Å². The van der Waals surface area contributed by atoms with Crippen LogP contribution in [0.5, 0.6) is 17.2 Å². The second-order valence-corrected chi connectivity index (χ2v) is 7.73. The van der Waals surface area contributed by atoms with Crippen LogP contribution in [0.2, 0.25) is 0 Å². The molecule has 0 unspecified atom stereocenters. The zero-order valence-corrected chi connectivity index (χ0v) is 18.3. The lowest BCUT2D eigenvalue weighted by Crippen LogP contribution is -2.43. The number of carbonyl (C=O) groups excluding carboxylic acids is 2. The number of piperidine rings is 1. The monoisotopic (exact) mass is 426 g/mol. The Bertz CT molecular complexity index is 867. The maximum absolute atomic E-state index is 12.7. The van der Waals surface area contributed by atoms with Crippen molar-refractivity contribution >= 4 is 11.8 Å². The van der Waals surface area contributed by atoms with Crippen LogP contribution >= 0.6 is 0 Å². The Kier molecular flexibility index (Phi) is 7.76. The third-order valence-electron chi connectivity index (χ3n) is 5.49. The molecule has 2 aromatic carbocycles. The molecule has 31 heavy (non-hydrogen) atoms. The number of ether oxygens (including phenoxy) is 3. The fourth-order valence-corrected chi connectivity index (χ4v) is 3.51. The highest BCUT2D eigenvalue weighted by molar-refractivity contribution is 5.97. The first kappa shape index (κ1) is 22.5. The highest BCUT2D eigenvalue weighted by atomic mass is 16.5. The first-order chi connectivity index (χ1) is 15.0. The number of methoxy groups -OCH3 is 2. The summed E-state index contributed by atoms with van der Waals surface area (Å²) in [6.45, 7) is 3.97. The van der Waals surface area contributed by atoms with Crippen LogP contribution in [0.15, 0.2) is 42.5 Å². The summed E-state index contributed by atoms with van der Waals surface area (Å²) in [5.74, 6) is 1.39. The molecule has 1 aliphatic heterocycles. The lowest BCUT2D eigenvalue weighted by atomic mass is 9.99. The quantitative estimate of drug-likeness (QED) is 0.701. The third kappa shape index (κ3) is 5.90. The highest BCUT2D eigenvalue weighted by Crippen LogP contribution is 2.39. The molecule has 0 spiro atoms. The van der Waals surface area contributed by atoms with Crippen LogP contribution in [0, 0.1) is 5.92 Å². The number of benzene rings is 2. The molecule has 166 valence electrons. The molecule has 0 bridgehead atoms. The number of nitrogens with zero attached hydrogens (tertiary/aromatic N) is 1. The van der Waals surface area contributed by atoms with E-state index in [9.17, 15) is 9.59 Å². The average molecular weight is 427 g/mol. The Morgan fingerprint density at radius 1 is 1.03 bits per heavy atom. The molecule has 0 aromatic heterocycles. The highest BCUT2D eigenvalue weighted by Gasteiger charge is 2.22. The van der Waals surface area contributed by atoms with Crippen molar-refractivity contribution in [3.63, 3.8) is 0 Å². The zero-order valence-electron chi connectivity index (χ0n) is 18.3. The van der Waals surface area contributed by atoms with Crippen molar-refractivity contribution < 1.29 is 23.8 Å². The van der Waals surface area contributed by atoms with Crippen LogP contribution in [-0.4, -0.2) is 50.6 Å². The molecule has 0 aliphatic carbocycles. The van der Waals surface area contributed by atoms with Gasteiger partial charge in [0.2, 0.25) is 11.7 Å². The van der Waals surface area contributed by atoms with Gasteiger partial charge < -0.3 is 24.4 Å². The molecule has 7 heteroatoms. The van der Waals surface area contributed by atoms with Crippen molar-refractivity contribution in [3.05, 3.63) is 53.6 Å². The summed E-state index contributed by atoms with van der Waals surface area (Å²) < 4.78 is 16.8. The second-order valence-electron chi connectivity index (χ2n) is 7.73. The van der Waals surface area contributed by atoms with E-state index in [1.165, 1.54) is 14.2 Å². The second kappa shape index (κ2) is 10.7. The molecule has 3 rings (SSSR count). The van der Waals surface area contributed by atoms with Crippen molar-refractivity contribution in [2.24, 2.45) is 5.92 Å². The Balaban J connectivity index is 1.66.